The zero-order valence-corrected chi connectivity index (χ0v) is 20.0. The number of rotatable bonds is 4. The summed E-state index contributed by atoms with van der Waals surface area (Å²) in [6.07, 6.45) is 3.96. The molecule has 1 heterocycles. The van der Waals surface area contributed by atoms with Crippen molar-refractivity contribution in [1.82, 2.24) is 15.1 Å². The van der Waals surface area contributed by atoms with Crippen LogP contribution in [0.4, 0.5) is 4.79 Å². The topological polar surface area (TPSA) is 35.6 Å². The molecule has 1 aromatic rings. The van der Waals surface area contributed by atoms with Gasteiger partial charge < -0.3 is 15.1 Å². The Morgan fingerprint density at radius 3 is 2.62 bits per heavy atom. The normalized spacial score (nSPS) is 16.7. The third-order valence-electron chi connectivity index (χ3n) is 5.16. The van der Waals surface area contributed by atoms with Crippen LogP contribution in [-0.4, -0.2) is 55.3 Å². The van der Waals surface area contributed by atoms with Crippen LogP contribution in [-0.2, 0) is 0 Å². The summed E-state index contributed by atoms with van der Waals surface area (Å²) >= 11 is 14.6. The van der Waals surface area contributed by atoms with Gasteiger partial charge in [0.25, 0.3) is 0 Å². The summed E-state index contributed by atoms with van der Waals surface area (Å²) in [5.41, 5.74) is 2.42. The number of nitrogens with one attached hydrogen (secondary N) is 1. The number of piperidine rings is 1. The zero-order chi connectivity index (χ0) is 21.6. The largest absolute Gasteiger partial charge is 0.331 e. The van der Waals surface area contributed by atoms with E-state index in [9.17, 15) is 4.79 Å². The Kier molecular flexibility index (Phi) is 9.23. The highest BCUT2D eigenvalue weighted by atomic mass is 35.5. The van der Waals surface area contributed by atoms with Crippen LogP contribution in [0.1, 0.15) is 43.9 Å². The van der Waals surface area contributed by atoms with E-state index in [4.69, 9.17) is 23.2 Å². The van der Waals surface area contributed by atoms with Crippen molar-refractivity contribution in [2.24, 2.45) is 0 Å². The van der Waals surface area contributed by atoms with Crippen molar-refractivity contribution < 1.29 is 4.79 Å². The number of nitrogens with zero attached hydrogens (tertiary/aromatic N) is 2. The minimum Gasteiger partial charge on any atom is -0.331 e. The first-order valence-electron chi connectivity index (χ1n) is 9.66. The second-order valence-corrected chi connectivity index (χ2v) is 8.90. The van der Waals surface area contributed by atoms with Crippen molar-refractivity contribution in [3.63, 3.8) is 0 Å². The van der Waals surface area contributed by atoms with Gasteiger partial charge in [-0.3, -0.25) is 0 Å². The lowest BCUT2D eigenvalue weighted by molar-refractivity contribution is 0.146. The van der Waals surface area contributed by atoms with E-state index in [1.54, 1.807) is 16.7 Å². The number of thioether (sulfide) groups is 1. The molecule has 4 nitrogen and oxygen atoms in total. The Hall–Kier alpha value is -1.32. The zero-order valence-electron chi connectivity index (χ0n) is 17.7. The fourth-order valence-corrected chi connectivity index (χ4v) is 4.24. The molecule has 1 N–H and O–H groups in total. The first-order valence-corrected chi connectivity index (χ1v) is 11.7. The average molecular weight is 454 g/mol. The second-order valence-electron chi connectivity index (χ2n) is 7.43. The minimum atomic E-state index is -0.263. The lowest BCUT2D eigenvalue weighted by Gasteiger charge is -2.35. The SMILES string of the molecule is CS/C=C(\C)C#Cc1ccc(C(C)NC(=O)N(C)C2CCN(C)CC2)c(Cl)c1Cl. The van der Waals surface area contributed by atoms with Gasteiger partial charge in [0.1, 0.15) is 0 Å². The number of halogens is 2. The van der Waals surface area contributed by atoms with Gasteiger partial charge in [0.15, 0.2) is 0 Å². The Morgan fingerprint density at radius 2 is 2.00 bits per heavy atom. The number of benzene rings is 1. The molecular formula is C22H29Cl2N3OS. The van der Waals surface area contributed by atoms with Crippen LogP contribution in [0.15, 0.2) is 23.1 Å². The molecule has 1 aromatic carbocycles. The maximum atomic E-state index is 12.7. The van der Waals surface area contributed by atoms with Gasteiger partial charge in [-0.05, 0) is 70.1 Å². The molecular weight excluding hydrogens is 425 g/mol. The van der Waals surface area contributed by atoms with Crippen LogP contribution >= 0.6 is 35.0 Å². The Morgan fingerprint density at radius 1 is 1.34 bits per heavy atom. The van der Waals surface area contributed by atoms with E-state index in [2.05, 4.69) is 29.1 Å². The molecule has 1 fully saturated rings. The molecule has 158 valence electrons. The number of hydrogen-bond donors (Lipinski definition) is 1. The highest BCUT2D eigenvalue weighted by molar-refractivity contribution is 8.01. The molecule has 0 spiro atoms. The predicted molar refractivity (Wildman–Crippen MR) is 126 cm³/mol. The molecule has 7 heteroatoms. The summed E-state index contributed by atoms with van der Waals surface area (Å²) in [7, 11) is 3.97. The van der Waals surface area contributed by atoms with E-state index in [1.807, 2.05) is 44.7 Å². The number of carbonyl (C=O) groups is 1. The van der Waals surface area contributed by atoms with Crippen molar-refractivity contribution in [2.45, 2.75) is 38.8 Å². The van der Waals surface area contributed by atoms with Gasteiger partial charge in [-0.25, -0.2) is 4.79 Å². The van der Waals surface area contributed by atoms with Crippen LogP contribution in [0.2, 0.25) is 10.0 Å². The molecule has 2 rings (SSSR count). The second kappa shape index (κ2) is 11.2. The average Bonchev–Trinajstić information content (AvgIpc) is 2.69. The molecule has 1 saturated heterocycles. The van der Waals surface area contributed by atoms with Gasteiger partial charge >= 0.3 is 6.03 Å². The number of likely N-dealkylation sites (tertiary alicyclic amines) is 1. The van der Waals surface area contributed by atoms with Crippen molar-refractivity contribution in [1.29, 1.82) is 0 Å². The van der Waals surface area contributed by atoms with Crippen LogP contribution in [0.3, 0.4) is 0 Å². The van der Waals surface area contributed by atoms with E-state index in [1.165, 1.54) is 0 Å². The van der Waals surface area contributed by atoms with Crippen LogP contribution < -0.4 is 5.32 Å². The number of amides is 2. The van der Waals surface area contributed by atoms with E-state index >= 15 is 0 Å². The molecule has 0 saturated carbocycles. The highest BCUT2D eigenvalue weighted by Crippen LogP contribution is 2.33. The van der Waals surface area contributed by atoms with Gasteiger partial charge in [-0.15, -0.1) is 11.8 Å². The van der Waals surface area contributed by atoms with Gasteiger partial charge in [-0.1, -0.05) is 41.1 Å². The Labute approximate surface area is 189 Å². The number of carbonyl (C=O) groups excluding carboxylic acids is 1. The quantitative estimate of drug-likeness (QED) is 0.618. The van der Waals surface area contributed by atoms with Crippen LogP contribution in [0.5, 0.6) is 0 Å². The van der Waals surface area contributed by atoms with Crippen molar-refractivity contribution in [3.8, 4) is 11.8 Å². The van der Waals surface area contributed by atoms with E-state index in [-0.39, 0.29) is 18.1 Å². The van der Waals surface area contributed by atoms with Gasteiger partial charge in [0, 0.05) is 24.2 Å². The monoisotopic (exact) mass is 453 g/mol. The molecule has 0 aliphatic carbocycles. The van der Waals surface area contributed by atoms with Gasteiger partial charge in [-0.2, -0.15) is 0 Å². The van der Waals surface area contributed by atoms with Gasteiger partial charge in [0.05, 0.1) is 16.1 Å². The molecule has 2 amide bonds. The first kappa shape index (κ1) is 24.0. The summed E-state index contributed by atoms with van der Waals surface area (Å²) in [4.78, 5) is 16.8. The molecule has 1 atom stereocenters. The molecule has 1 aliphatic rings. The number of allylic oxidation sites excluding steroid dienone is 1. The smallest absolute Gasteiger partial charge is 0.317 e. The molecule has 1 aliphatic heterocycles. The predicted octanol–water partition coefficient (Wildman–Crippen LogP) is 5.41. The number of urea groups is 1. The summed E-state index contributed by atoms with van der Waals surface area (Å²) in [5, 5.41) is 5.87. The Balaban J connectivity index is 2.08. The molecule has 0 bridgehead atoms. The van der Waals surface area contributed by atoms with Crippen LogP contribution in [0.25, 0.3) is 0 Å². The summed E-state index contributed by atoms with van der Waals surface area (Å²) in [5.74, 6) is 6.13. The maximum Gasteiger partial charge on any atom is 0.317 e. The van der Waals surface area contributed by atoms with E-state index < -0.39 is 0 Å². The van der Waals surface area contributed by atoms with Crippen LogP contribution in [0, 0.1) is 11.8 Å². The summed E-state index contributed by atoms with van der Waals surface area (Å²) in [6.45, 7) is 5.88. The standard InChI is InChI=1S/C22H29Cl2N3OS/c1-15(14-29-5)6-7-17-8-9-19(21(24)20(17)23)16(2)25-22(28)27(4)18-10-12-26(3)13-11-18/h8-9,14,16,18H,10-13H2,1-5H3,(H,25,28)/b15-14+. The van der Waals surface area contributed by atoms with Crippen molar-refractivity contribution in [2.75, 3.05) is 33.4 Å². The Bertz CT molecular complexity index is 823. The third kappa shape index (κ3) is 6.58. The molecule has 29 heavy (non-hydrogen) atoms. The fourth-order valence-electron chi connectivity index (χ4n) is 3.28. The first-order chi connectivity index (χ1) is 13.7. The molecule has 1 unspecified atom stereocenters. The summed E-state index contributed by atoms with van der Waals surface area (Å²) < 4.78 is 0. The molecule has 0 aromatic heterocycles. The van der Waals surface area contributed by atoms with Crippen molar-refractivity contribution >= 4 is 41.0 Å². The lowest BCUT2D eigenvalue weighted by atomic mass is 10.0. The van der Waals surface area contributed by atoms with Gasteiger partial charge in [0.2, 0.25) is 0 Å². The minimum absolute atomic E-state index is 0.0964. The number of hydrogen-bond acceptors (Lipinski definition) is 3. The summed E-state index contributed by atoms with van der Waals surface area (Å²) in [6, 6.07) is 3.63. The third-order valence-corrected chi connectivity index (χ3v) is 6.65. The fraction of sp³-hybridized carbons (Fsp3) is 0.500. The maximum absolute atomic E-state index is 12.7. The van der Waals surface area contributed by atoms with E-state index in [0.717, 1.165) is 37.1 Å². The lowest BCUT2D eigenvalue weighted by Crippen LogP contribution is -2.48. The highest BCUT2D eigenvalue weighted by Gasteiger charge is 2.25. The molecule has 0 radical (unpaired) electrons. The van der Waals surface area contributed by atoms with E-state index in [0.29, 0.717) is 15.6 Å². The van der Waals surface area contributed by atoms with Crippen molar-refractivity contribution in [3.05, 3.63) is 44.3 Å².